The van der Waals surface area contributed by atoms with Crippen molar-refractivity contribution >= 4 is 11.9 Å². The van der Waals surface area contributed by atoms with E-state index in [4.69, 9.17) is 4.74 Å². The Balaban J connectivity index is 2.01. The van der Waals surface area contributed by atoms with Crippen LogP contribution < -0.4 is 10.1 Å². The quantitative estimate of drug-likeness (QED) is 0.658. The first-order chi connectivity index (χ1) is 16.6. The van der Waals surface area contributed by atoms with Gasteiger partial charge in [0.2, 0.25) is 5.88 Å². The van der Waals surface area contributed by atoms with Gasteiger partial charge >= 0.3 is 6.03 Å². The highest BCUT2D eigenvalue weighted by Crippen LogP contribution is 2.30. The van der Waals surface area contributed by atoms with Gasteiger partial charge in [-0.15, -0.1) is 0 Å². The molecule has 3 rings (SSSR count). The number of likely N-dealkylation sites (N-methyl/N-ethyl adjacent to an activating group) is 1. The van der Waals surface area contributed by atoms with Gasteiger partial charge in [-0.05, 0) is 44.5 Å². The Morgan fingerprint density at radius 2 is 2.09 bits per heavy atom. The van der Waals surface area contributed by atoms with Crippen LogP contribution in [0.4, 0.5) is 4.79 Å². The van der Waals surface area contributed by atoms with Crippen LogP contribution in [0.25, 0.3) is 11.1 Å². The van der Waals surface area contributed by atoms with Crippen molar-refractivity contribution in [1.82, 2.24) is 20.1 Å². The Morgan fingerprint density at radius 3 is 2.74 bits per heavy atom. The molecular formula is C26H33N5O4. The summed E-state index contributed by atoms with van der Waals surface area (Å²) in [5.74, 6) is -0.243. The lowest BCUT2D eigenvalue weighted by atomic mass is 9.99. The lowest BCUT2D eigenvalue weighted by Crippen LogP contribution is -2.51. The van der Waals surface area contributed by atoms with Gasteiger partial charge in [0.1, 0.15) is 11.7 Å². The smallest absolute Gasteiger partial charge is 0.317 e. The third-order valence-electron chi connectivity index (χ3n) is 6.06. The van der Waals surface area contributed by atoms with Crippen molar-refractivity contribution in [3.63, 3.8) is 0 Å². The predicted octanol–water partition coefficient (Wildman–Crippen LogP) is 2.89. The van der Waals surface area contributed by atoms with Gasteiger partial charge in [0.25, 0.3) is 5.91 Å². The second-order valence-electron chi connectivity index (χ2n) is 9.38. The van der Waals surface area contributed by atoms with E-state index in [0.29, 0.717) is 24.2 Å². The molecule has 0 saturated heterocycles. The summed E-state index contributed by atoms with van der Waals surface area (Å²) in [7, 11) is 1.70. The van der Waals surface area contributed by atoms with Crippen molar-refractivity contribution in [1.29, 1.82) is 5.26 Å². The molecule has 2 N–H and O–H groups in total. The normalized spacial score (nSPS) is 18.6. The molecule has 186 valence electrons. The molecule has 0 radical (unpaired) electrons. The first-order valence-electron chi connectivity index (χ1n) is 11.7. The van der Waals surface area contributed by atoms with Crippen LogP contribution in [-0.4, -0.2) is 76.8 Å². The Bertz CT molecular complexity index is 1110. The molecule has 0 aliphatic carbocycles. The highest BCUT2D eigenvalue weighted by atomic mass is 16.5. The largest absolute Gasteiger partial charge is 0.472 e. The summed E-state index contributed by atoms with van der Waals surface area (Å²) >= 11 is 0. The molecule has 0 spiro atoms. The SMILES string of the molecule is CC(C)NC(=O)N(C)C[C@H]1Oc2ncc(-c3cccc(C#N)c3)cc2C(=O)N([C@H](C)CO)C[C@@H]1C. The Kier molecular flexibility index (Phi) is 8.30. The summed E-state index contributed by atoms with van der Waals surface area (Å²) in [6.45, 7) is 7.98. The Morgan fingerprint density at radius 1 is 1.34 bits per heavy atom. The van der Waals surface area contributed by atoms with Gasteiger partial charge in [-0.3, -0.25) is 4.79 Å². The molecule has 1 aromatic heterocycles. The lowest BCUT2D eigenvalue weighted by molar-refractivity contribution is 0.0352. The zero-order valence-electron chi connectivity index (χ0n) is 20.9. The number of aliphatic hydroxyl groups is 1. The number of pyridine rings is 1. The maximum atomic E-state index is 13.6. The number of nitriles is 1. The molecule has 1 aliphatic rings. The molecule has 9 nitrogen and oxygen atoms in total. The van der Waals surface area contributed by atoms with Gasteiger partial charge in [-0.25, -0.2) is 9.78 Å². The molecule has 0 saturated carbocycles. The summed E-state index contributed by atoms with van der Waals surface area (Å²) in [5.41, 5.74) is 2.21. The molecule has 0 bridgehead atoms. The first-order valence-corrected chi connectivity index (χ1v) is 11.7. The highest BCUT2D eigenvalue weighted by Gasteiger charge is 2.34. The van der Waals surface area contributed by atoms with Gasteiger partial charge in [0, 0.05) is 37.3 Å². The van der Waals surface area contributed by atoms with Crippen LogP contribution in [0.15, 0.2) is 36.5 Å². The van der Waals surface area contributed by atoms with Gasteiger partial charge in [0.05, 0.1) is 30.8 Å². The van der Waals surface area contributed by atoms with E-state index < -0.39 is 12.1 Å². The number of nitrogens with zero attached hydrogens (tertiary/aromatic N) is 4. The number of fused-ring (bicyclic) bond motifs is 1. The summed E-state index contributed by atoms with van der Waals surface area (Å²) in [6, 6.07) is 10.3. The van der Waals surface area contributed by atoms with Crippen molar-refractivity contribution in [3.05, 3.63) is 47.7 Å². The van der Waals surface area contributed by atoms with Gasteiger partial charge < -0.3 is 25.0 Å². The Hall–Kier alpha value is -3.64. The van der Waals surface area contributed by atoms with E-state index in [1.165, 1.54) is 0 Å². The van der Waals surface area contributed by atoms with Crippen molar-refractivity contribution in [2.45, 2.75) is 45.9 Å². The minimum absolute atomic E-state index is 0.000471. The first kappa shape index (κ1) is 26.0. The molecular weight excluding hydrogens is 446 g/mol. The number of amides is 3. The van der Waals surface area contributed by atoms with E-state index in [-0.39, 0.29) is 41.9 Å². The number of carbonyl (C=O) groups is 2. The number of urea groups is 1. The van der Waals surface area contributed by atoms with Crippen LogP contribution in [0.5, 0.6) is 5.88 Å². The molecule has 2 heterocycles. The molecule has 1 aliphatic heterocycles. The summed E-state index contributed by atoms with van der Waals surface area (Å²) < 4.78 is 6.25. The van der Waals surface area contributed by atoms with Crippen molar-refractivity contribution in [2.24, 2.45) is 5.92 Å². The average Bonchev–Trinajstić information content (AvgIpc) is 2.84. The fraction of sp³-hybridized carbons (Fsp3) is 0.462. The number of carbonyl (C=O) groups excluding carboxylic acids is 2. The third kappa shape index (κ3) is 6.08. The number of benzene rings is 1. The van der Waals surface area contributed by atoms with Crippen molar-refractivity contribution in [3.8, 4) is 23.1 Å². The second-order valence-corrected chi connectivity index (χ2v) is 9.38. The minimum atomic E-state index is -0.432. The van der Waals surface area contributed by atoms with Gasteiger partial charge in [-0.1, -0.05) is 19.1 Å². The maximum absolute atomic E-state index is 13.6. The topological polar surface area (TPSA) is 119 Å². The summed E-state index contributed by atoms with van der Waals surface area (Å²) in [6.07, 6.45) is 1.18. The van der Waals surface area contributed by atoms with E-state index in [9.17, 15) is 20.0 Å². The molecule has 2 aromatic rings. The number of aliphatic hydroxyl groups excluding tert-OH is 1. The number of aromatic nitrogens is 1. The second kappa shape index (κ2) is 11.2. The van der Waals surface area contributed by atoms with E-state index in [1.54, 1.807) is 54.2 Å². The summed E-state index contributed by atoms with van der Waals surface area (Å²) in [4.78, 5) is 33.7. The van der Waals surface area contributed by atoms with Crippen molar-refractivity contribution < 1.29 is 19.4 Å². The third-order valence-corrected chi connectivity index (χ3v) is 6.06. The average molecular weight is 480 g/mol. The van der Waals surface area contributed by atoms with E-state index in [2.05, 4.69) is 16.4 Å². The zero-order chi connectivity index (χ0) is 25.7. The van der Waals surface area contributed by atoms with Crippen LogP contribution in [0, 0.1) is 17.2 Å². The maximum Gasteiger partial charge on any atom is 0.317 e. The molecule has 1 aromatic carbocycles. The van der Waals surface area contributed by atoms with Crippen molar-refractivity contribution in [2.75, 3.05) is 26.7 Å². The molecule has 9 heteroatoms. The van der Waals surface area contributed by atoms with Gasteiger partial charge in [0.15, 0.2) is 0 Å². The Labute approximate surface area is 206 Å². The number of hydrogen-bond donors (Lipinski definition) is 2. The number of hydrogen-bond acceptors (Lipinski definition) is 6. The lowest BCUT2D eigenvalue weighted by Gasteiger charge is -2.37. The monoisotopic (exact) mass is 479 g/mol. The standard InChI is InChI=1S/C26H33N5O4/c1-16(2)29-26(34)30(5)14-23-17(3)13-31(18(4)15-32)25(33)22-10-21(12-28-24(22)35-23)20-8-6-7-19(9-20)11-27/h6-10,12,16-18,23,32H,13-15H2,1-5H3,(H,29,34)/t17-,18+,23+/m0/s1. The van der Waals surface area contributed by atoms with Gasteiger partial charge in [-0.2, -0.15) is 5.26 Å². The van der Waals surface area contributed by atoms with Crippen LogP contribution in [-0.2, 0) is 0 Å². The number of rotatable bonds is 6. The summed E-state index contributed by atoms with van der Waals surface area (Å²) in [5, 5.41) is 21.9. The fourth-order valence-corrected chi connectivity index (χ4v) is 3.96. The number of nitrogens with one attached hydrogen (secondary N) is 1. The zero-order valence-corrected chi connectivity index (χ0v) is 20.9. The molecule has 0 fully saturated rings. The van der Waals surface area contributed by atoms with Crippen LogP contribution in [0.3, 0.4) is 0 Å². The fourth-order valence-electron chi connectivity index (χ4n) is 3.96. The molecule has 3 amide bonds. The van der Waals surface area contributed by atoms with Crippen LogP contribution in [0.1, 0.15) is 43.6 Å². The molecule has 35 heavy (non-hydrogen) atoms. The van der Waals surface area contributed by atoms with Crippen LogP contribution in [0.2, 0.25) is 0 Å². The van der Waals surface area contributed by atoms with E-state index in [0.717, 1.165) is 5.56 Å². The molecule has 0 unspecified atom stereocenters. The van der Waals surface area contributed by atoms with E-state index >= 15 is 0 Å². The predicted molar refractivity (Wildman–Crippen MR) is 132 cm³/mol. The van der Waals surface area contributed by atoms with Crippen LogP contribution >= 0.6 is 0 Å². The minimum Gasteiger partial charge on any atom is -0.472 e. The number of ether oxygens (including phenoxy) is 1. The van der Waals surface area contributed by atoms with E-state index in [1.807, 2.05) is 26.8 Å². The molecule has 3 atom stereocenters. The highest BCUT2D eigenvalue weighted by molar-refractivity contribution is 5.98.